The van der Waals surface area contributed by atoms with E-state index in [0.29, 0.717) is 23.1 Å². The largest absolute Gasteiger partial charge is 0.497 e. The summed E-state index contributed by atoms with van der Waals surface area (Å²) in [7, 11) is -1.95. The minimum Gasteiger partial charge on any atom is -0.497 e. The summed E-state index contributed by atoms with van der Waals surface area (Å²) in [6, 6.07) is 13.0. The number of fused-ring (bicyclic) bond motifs is 1. The Morgan fingerprint density at radius 1 is 1.00 bits per heavy atom. The van der Waals surface area contributed by atoms with E-state index in [1.165, 1.54) is 56.8 Å². The number of amides is 3. The zero-order valence-electron chi connectivity index (χ0n) is 29.3. The van der Waals surface area contributed by atoms with E-state index in [-0.39, 0.29) is 50.9 Å². The van der Waals surface area contributed by atoms with Crippen molar-refractivity contribution >= 4 is 27.6 Å². The van der Waals surface area contributed by atoms with Gasteiger partial charge in [0.05, 0.1) is 56.9 Å². The van der Waals surface area contributed by atoms with Crippen LogP contribution in [0, 0.1) is 16.7 Å². The first-order valence-corrected chi connectivity index (χ1v) is 18.6. The quantitative estimate of drug-likeness (QED) is 0.305. The molecule has 0 bridgehead atoms. The number of likely N-dealkylation sites (tertiary alicyclic amines) is 2. The molecule has 0 radical (unpaired) electrons. The topological polar surface area (TPSA) is 167 Å². The van der Waals surface area contributed by atoms with E-state index in [4.69, 9.17) is 18.9 Å². The van der Waals surface area contributed by atoms with Gasteiger partial charge in [-0.1, -0.05) is 0 Å². The molecule has 1 N–H and O–H groups in total. The third kappa shape index (κ3) is 5.97. The molecule has 4 aliphatic heterocycles. The van der Waals surface area contributed by atoms with Crippen molar-refractivity contribution in [3.05, 3.63) is 71.4 Å². The standard InChI is InChI=1S/C36H41N7O8S/c1-4-51-32-27(6-5-11-38-32)36(39-34(45)42-23-35(24-42)21-41(22-35)13-12-40-14-16-50-17-15-40)28-18-25(20-37)7-9-29(28)43(33(36)44)52(46,47)31-10-8-26(48-2)19-30(31)49-3/h5-11,18-19H,4,12-17,21-24H2,1-3H3,(H,39,45). The lowest BCUT2D eigenvalue weighted by molar-refractivity contribution is -0.122. The van der Waals surface area contributed by atoms with Gasteiger partial charge in [-0.05, 0) is 49.4 Å². The predicted octanol–water partition coefficient (Wildman–Crippen LogP) is 2.01. The number of urea groups is 1. The van der Waals surface area contributed by atoms with Gasteiger partial charge in [0.1, 0.15) is 16.4 Å². The monoisotopic (exact) mass is 731 g/mol. The van der Waals surface area contributed by atoms with E-state index in [9.17, 15) is 18.5 Å². The number of benzene rings is 2. The van der Waals surface area contributed by atoms with E-state index in [1.54, 1.807) is 24.0 Å². The minimum absolute atomic E-state index is 0.0308. The molecular weight excluding hydrogens is 691 g/mol. The smallest absolute Gasteiger partial charge is 0.318 e. The molecule has 1 spiro atoms. The van der Waals surface area contributed by atoms with Gasteiger partial charge < -0.3 is 34.1 Å². The van der Waals surface area contributed by atoms with E-state index >= 15 is 4.79 Å². The highest BCUT2D eigenvalue weighted by atomic mass is 32.2. The lowest BCUT2D eigenvalue weighted by Crippen LogP contribution is -2.74. The van der Waals surface area contributed by atoms with Crippen LogP contribution in [0.4, 0.5) is 10.5 Å². The van der Waals surface area contributed by atoms with Crippen molar-refractivity contribution in [2.24, 2.45) is 5.41 Å². The summed E-state index contributed by atoms with van der Waals surface area (Å²) in [5, 5.41) is 12.9. The van der Waals surface area contributed by atoms with Crippen molar-refractivity contribution in [2.45, 2.75) is 17.4 Å². The van der Waals surface area contributed by atoms with Gasteiger partial charge >= 0.3 is 6.03 Å². The van der Waals surface area contributed by atoms with Gasteiger partial charge in [-0.25, -0.2) is 18.2 Å². The third-order valence-corrected chi connectivity index (χ3v) is 11.9. The van der Waals surface area contributed by atoms with Crippen LogP contribution >= 0.6 is 0 Å². The molecule has 274 valence electrons. The number of pyridine rings is 1. The van der Waals surface area contributed by atoms with Crippen LogP contribution in [0.25, 0.3) is 0 Å². The van der Waals surface area contributed by atoms with Crippen LogP contribution in [0.5, 0.6) is 17.4 Å². The molecule has 0 saturated carbocycles. The van der Waals surface area contributed by atoms with Crippen LogP contribution in [0.3, 0.4) is 0 Å². The van der Waals surface area contributed by atoms with Crippen molar-refractivity contribution in [1.29, 1.82) is 5.26 Å². The Balaban J connectivity index is 1.23. The SMILES string of the molecule is CCOc1ncccc1C1(NC(=O)N2CC3(CN(CCN4CCOCC4)C3)C2)C(=O)N(S(=O)(=O)c2ccc(OC)cc2OC)c2ccc(C#N)cc21. The maximum Gasteiger partial charge on any atom is 0.318 e. The number of carbonyl (C=O) groups excluding carboxylic acids is 2. The zero-order chi connectivity index (χ0) is 36.7. The molecule has 3 aromatic rings. The second-order valence-corrected chi connectivity index (χ2v) is 15.2. The Morgan fingerprint density at radius 3 is 2.44 bits per heavy atom. The van der Waals surface area contributed by atoms with Gasteiger partial charge in [-0.2, -0.15) is 9.57 Å². The van der Waals surface area contributed by atoms with Crippen molar-refractivity contribution in [1.82, 2.24) is 25.0 Å². The Kier molecular flexibility index (Phi) is 9.46. The van der Waals surface area contributed by atoms with Crippen molar-refractivity contribution in [3.63, 3.8) is 0 Å². The van der Waals surface area contributed by atoms with Gasteiger partial charge in [0.2, 0.25) is 5.88 Å². The fourth-order valence-corrected chi connectivity index (χ4v) is 9.28. The summed E-state index contributed by atoms with van der Waals surface area (Å²) in [5.74, 6) is -0.667. The molecule has 1 unspecified atom stereocenters. The van der Waals surface area contributed by atoms with E-state index < -0.39 is 27.5 Å². The lowest BCUT2D eigenvalue weighted by Gasteiger charge is -2.60. The third-order valence-electron chi connectivity index (χ3n) is 10.2. The number of morpholine rings is 1. The number of hydrogen-bond donors (Lipinski definition) is 1. The summed E-state index contributed by atoms with van der Waals surface area (Å²) >= 11 is 0. The first-order chi connectivity index (χ1) is 25.1. The Hall–Kier alpha value is -4.95. The number of nitrogens with zero attached hydrogens (tertiary/aromatic N) is 6. The number of carbonyl (C=O) groups is 2. The average molecular weight is 732 g/mol. The summed E-state index contributed by atoms with van der Waals surface area (Å²) in [6.45, 7) is 9.85. The second-order valence-electron chi connectivity index (χ2n) is 13.4. The molecule has 52 heavy (non-hydrogen) atoms. The number of anilines is 1. The molecule has 3 fully saturated rings. The lowest BCUT2D eigenvalue weighted by atomic mass is 9.73. The van der Waals surface area contributed by atoms with Crippen LogP contribution in [0.15, 0.2) is 59.6 Å². The molecular formula is C36H41N7O8S. The summed E-state index contributed by atoms with van der Waals surface area (Å²) in [4.78, 5) is 39.9. The van der Waals surface area contributed by atoms with Crippen molar-refractivity contribution in [3.8, 4) is 23.4 Å². The molecule has 0 aliphatic carbocycles. The summed E-state index contributed by atoms with van der Waals surface area (Å²) in [5.41, 5.74) is -1.86. The maximum absolute atomic E-state index is 15.2. The van der Waals surface area contributed by atoms with Crippen LogP contribution in [-0.4, -0.2) is 126 Å². The highest BCUT2D eigenvalue weighted by Crippen LogP contribution is 2.50. The van der Waals surface area contributed by atoms with Gasteiger partial charge in [-0.3, -0.25) is 9.69 Å². The first kappa shape index (κ1) is 35.5. The minimum atomic E-state index is -4.70. The number of methoxy groups -OCH3 is 2. The second kappa shape index (κ2) is 13.9. The van der Waals surface area contributed by atoms with Crippen LogP contribution in [0.1, 0.15) is 23.6 Å². The van der Waals surface area contributed by atoms with Crippen LogP contribution in [-0.2, 0) is 25.1 Å². The molecule has 7 rings (SSSR count). The number of nitriles is 1. The summed E-state index contributed by atoms with van der Waals surface area (Å²) in [6.07, 6.45) is 1.48. The van der Waals surface area contributed by atoms with Gasteiger partial charge in [-0.15, -0.1) is 0 Å². The number of nitrogens with one attached hydrogen (secondary N) is 1. The van der Waals surface area contributed by atoms with Gasteiger partial charge in [0.15, 0.2) is 5.54 Å². The van der Waals surface area contributed by atoms with E-state index in [1.807, 2.05) is 0 Å². The molecule has 1 aromatic heterocycles. The Morgan fingerprint density at radius 2 is 1.75 bits per heavy atom. The van der Waals surface area contributed by atoms with Crippen molar-refractivity contribution < 1.29 is 37.0 Å². The highest BCUT2D eigenvalue weighted by molar-refractivity contribution is 7.93. The van der Waals surface area contributed by atoms with Gasteiger partial charge in [0.25, 0.3) is 15.9 Å². The maximum atomic E-state index is 15.2. The van der Waals surface area contributed by atoms with Crippen LogP contribution in [0.2, 0.25) is 0 Å². The predicted molar refractivity (Wildman–Crippen MR) is 188 cm³/mol. The molecule has 4 aliphatic rings. The molecule has 2 aromatic carbocycles. The number of ether oxygens (including phenoxy) is 4. The number of sulfonamides is 1. The Labute approximate surface area is 302 Å². The van der Waals surface area contributed by atoms with E-state index in [2.05, 4.69) is 26.2 Å². The average Bonchev–Trinajstić information content (AvgIpc) is 3.37. The number of rotatable bonds is 11. The number of aromatic nitrogens is 1. The molecule has 5 heterocycles. The molecule has 3 amide bonds. The fraction of sp³-hybridized carbons (Fsp3) is 0.444. The summed E-state index contributed by atoms with van der Waals surface area (Å²) < 4.78 is 51.9. The van der Waals surface area contributed by atoms with E-state index in [0.717, 1.165) is 52.5 Å². The molecule has 1 atom stereocenters. The fourth-order valence-electron chi connectivity index (χ4n) is 7.68. The van der Waals surface area contributed by atoms with Crippen molar-refractivity contribution in [2.75, 3.05) is 90.7 Å². The molecule has 16 heteroatoms. The highest BCUT2D eigenvalue weighted by Gasteiger charge is 2.61. The Bertz CT molecular complexity index is 2020. The molecule has 3 saturated heterocycles. The number of hydrogen-bond acceptors (Lipinski definition) is 12. The zero-order valence-corrected chi connectivity index (χ0v) is 30.1. The van der Waals surface area contributed by atoms with Crippen LogP contribution < -0.4 is 23.8 Å². The normalized spacial score (nSPS) is 21.2. The molecule has 15 nitrogen and oxygen atoms in total. The van der Waals surface area contributed by atoms with Gasteiger partial charge in [0, 0.05) is 75.6 Å². The first-order valence-electron chi connectivity index (χ1n) is 17.1.